The standard InChI is InChI=1S/C12H17BrN2O/c1-8(2)3-6-12(16)15-9-4-5-11(14)10(13)7-9/h4-5,7-8H,3,6,14H2,1-2H3,(H,15,16). The fraction of sp³-hybridized carbons (Fsp3) is 0.417. The summed E-state index contributed by atoms with van der Waals surface area (Å²) >= 11 is 3.32. The molecule has 0 fully saturated rings. The zero-order chi connectivity index (χ0) is 12.1. The lowest BCUT2D eigenvalue weighted by molar-refractivity contribution is -0.116. The number of carbonyl (C=O) groups excluding carboxylic acids is 1. The van der Waals surface area contributed by atoms with Crippen molar-refractivity contribution < 1.29 is 4.79 Å². The van der Waals surface area contributed by atoms with Crippen LogP contribution in [0.25, 0.3) is 0 Å². The van der Waals surface area contributed by atoms with Gasteiger partial charge in [0.2, 0.25) is 5.91 Å². The minimum absolute atomic E-state index is 0.0466. The van der Waals surface area contributed by atoms with Crippen molar-refractivity contribution in [3.8, 4) is 0 Å². The number of rotatable bonds is 4. The van der Waals surface area contributed by atoms with Crippen LogP contribution in [-0.4, -0.2) is 5.91 Å². The zero-order valence-electron chi connectivity index (χ0n) is 9.59. The number of hydrogen-bond donors (Lipinski definition) is 2. The molecule has 88 valence electrons. The van der Waals surface area contributed by atoms with E-state index in [2.05, 4.69) is 35.1 Å². The number of amides is 1. The van der Waals surface area contributed by atoms with Gasteiger partial charge in [-0.25, -0.2) is 0 Å². The minimum Gasteiger partial charge on any atom is -0.398 e. The number of nitrogens with one attached hydrogen (secondary N) is 1. The Hall–Kier alpha value is -1.03. The fourth-order valence-electron chi connectivity index (χ4n) is 1.25. The molecule has 1 aromatic carbocycles. The second-order valence-corrected chi connectivity index (χ2v) is 5.07. The number of benzene rings is 1. The number of hydrogen-bond acceptors (Lipinski definition) is 2. The van der Waals surface area contributed by atoms with Crippen molar-refractivity contribution in [3.63, 3.8) is 0 Å². The van der Waals surface area contributed by atoms with E-state index >= 15 is 0 Å². The predicted octanol–water partition coefficient (Wildman–Crippen LogP) is 3.41. The molecular formula is C12H17BrN2O. The van der Waals surface area contributed by atoms with E-state index in [4.69, 9.17) is 5.73 Å². The SMILES string of the molecule is CC(C)CCC(=O)Nc1ccc(N)c(Br)c1. The van der Waals surface area contributed by atoms with E-state index in [9.17, 15) is 4.79 Å². The maximum Gasteiger partial charge on any atom is 0.224 e. The summed E-state index contributed by atoms with van der Waals surface area (Å²) in [6.07, 6.45) is 1.46. The van der Waals surface area contributed by atoms with Crippen molar-refractivity contribution in [2.24, 2.45) is 5.92 Å². The number of nitrogen functional groups attached to an aromatic ring is 1. The van der Waals surface area contributed by atoms with Crippen molar-refractivity contribution in [3.05, 3.63) is 22.7 Å². The molecule has 0 aromatic heterocycles. The van der Waals surface area contributed by atoms with Gasteiger partial charge in [-0.3, -0.25) is 4.79 Å². The summed E-state index contributed by atoms with van der Waals surface area (Å²) in [6.45, 7) is 4.21. The Morgan fingerprint density at radius 3 is 2.75 bits per heavy atom. The second kappa shape index (κ2) is 5.89. The second-order valence-electron chi connectivity index (χ2n) is 4.22. The van der Waals surface area contributed by atoms with Crippen molar-refractivity contribution in [1.82, 2.24) is 0 Å². The molecule has 0 unspecified atom stereocenters. The molecule has 0 bridgehead atoms. The van der Waals surface area contributed by atoms with Gasteiger partial charge < -0.3 is 11.1 Å². The lowest BCUT2D eigenvalue weighted by Crippen LogP contribution is -2.12. The summed E-state index contributed by atoms with van der Waals surface area (Å²) in [7, 11) is 0. The van der Waals surface area contributed by atoms with E-state index in [1.807, 2.05) is 6.07 Å². The Labute approximate surface area is 105 Å². The molecule has 1 aromatic rings. The Bertz CT molecular complexity index is 377. The Morgan fingerprint density at radius 1 is 1.50 bits per heavy atom. The van der Waals surface area contributed by atoms with E-state index in [-0.39, 0.29) is 5.91 Å². The van der Waals surface area contributed by atoms with Gasteiger partial charge in [0.05, 0.1) is 0 Å². The molecular weight excluding hydrogens is 268 g/mol. The summed E-state index contributed by atoms with van der Waals surface area (Å²) in [6, 6.07) is 5.37. The van der Waals surface area contributed by atoms with E-state index in [0.29, 0.717) is 18.0 Å². The molecule has 0 saturated carbocycles. The Kier molecular flexibility index (Phi) is 4.80. The van der Waals surface area contributed by atoms with Crippen molar-refractivity contribution in [1.29, 1.82) is 0 Å². The van der Waals surface area contributed by atoms with Crippen molar-refractivity contribution in [2.75, 3.05) is 11.1 Å². The molecule has 4 heteroatoms. The molecule has 0 aliphatic carbocycles. The van der Waals surface area contributed by atoms with Crippen LogP contribution in [0.15, 0.2) is 22.7 Å². The molecule has 0 spiro atoms. The van der Waals surface area contributed by atoms with Gasteiger partial charge in [0, 0.05) is 22.3 Å². The number of halogens is 1. The number of carbonyl (C=O) groups is 1. The van der Waals surface area contributed by atoms with E-state index in [0.717, 1.165) is 16.6 Å². The van der Waals surface area contributed by atoms with Crippen LogP contribution in [0.3, 0.4) is 0 Å². The first-order valence-corrected chi connectivity index (χ1v) is 6.13. The fourth-order valence-corrected chi connectivity index (χ4v) is 1.63. The van der Waals surface area contributed by atoms with Crippen LogP contribution in [0.4, 0.5) is 11.4 Å². The first-order chi connectivity index (χ1) is 7.49. The third-order valence-electron chi connectivity index (χ3n) is 2.23. The van der Waals surface area contributed by atoms with Crippen molar-refractivity contribution >= 4 is 33.2 Å². The first kappa shape index (κ1) is 13.0. The van der Waals surface area contributed by atoms with Crippen LogP contribution in [0.5, 0.6) is 0 Å². The zero-order valence-corrected chi connectivity index (χ0v) is 11.2. The quantitative estimate of drug-likeness (QED) is 0.833. The summed E-state index contributed by atoms with van der Waals surface area (Å²) < 4.78 is 0.800. The van der Waals surface area contributed by atoms with Crippen LogP contribution in [0, 0.1) is 5.92 Å². The number of anilines is 2. The summed E-state index contributed by atoms with van der Waals surface area (Å²) in [4.78, 5) is 11.6. The van der Waals surface area contributed by atoms with Gasteiger partial charge in [0.15, 0.2) is 0 Å². The average molecular weight is 285 g/mol. The predicted molar refractivity (Wildman–Crippen MR) is 71.3 cm³/mol. The minimum atomic E-state index is 0.0466. The van der Waals surface area contributed by atoms with Crippen LogP contribution >= 0.6 is 15.9 Å². The topological polar surface area (TPSA) is 55.1 Å². The van der Waals surface area contributed by atoms with Gasteiger partial charge >= 0.3 is 0 Å². The third-order valence-corrected chi connectivity index (χ3v) is 2.92. The summed E-state index contributed by atoms with van der Waals surface area (Å²) in [5.74, 6) is 0.592. The normalized spacial score (nSPS) is 10.5. The Morgan fingerprint density at radius 2 is 2.19 bits per heavy atom. The molecule has 1 amide bonds. The van der Waals surface area contributed by atoms with Gasteiger partial charge in [0.1, 0.15) is 0 Å². The van der Waals surface area contributed by atoms with Crippen LogP contribution in [-0.2, 0) is 4.79 Å². The van der Waals surface area contributed by atoms with Gasteiger partial charge in [-0.05, 0) is 46.5 Å². The molecule has 3 N–H and O–H groups in total. The molecule has 16 heavy (non-hydrogen) atoms. The third kappa shape index (κ3) is 4.23. The van der Waals surface area contributed by atoms with Gasteiger partial charge in [-0.2, -0.15) is 0 Å². The highest BCUT2D eigenvalue weighted by atomic mass is 79.9. The highest BCUT2D eigenvalue weighted by Gasteiger charge is 2.05. The van der Waals surface area contributed by atoms with Crippen LogP contribution < -0.4 is 11.1 Å². The maximum absolute atomic E-state index is 11.6. The monoisotopic (exact) mass is 284 g/mol. The van der Waals surface area contributed by atoms with E-state index in [1.54, 1.807) is 12.1 Å². The van der Waals surface area contributed by atoms with Crippen molar-refractivity contribution in [2.45, 2.75) is 26.7 Å². The molecule has 0 atom stereocenters. The Balaban J connectivity index is 2.53. The number of nitrogens with two attached hydrogens (primary N) is 1. The highest BCUT2D eigenvalue weighted by Crippen LogP contribution is 2.23. The van der Waals surface area contributed by atoms with E-state index in [1.165, 1.54) is 0 Å². The molecule has 0 heterocycles. The largest absolute Gasteiger partial charge is 0.398 e. The molecule has 0 radical (unpaired) electrons. The lowest BCUT2D eigenvalue weighted by Gasteiger charge is -2.08. The van der Waals surface area contributed by atoms with E-state index < -0.39 is 0 Å². The highest BCUT2D eigenvalue weighted by molar-refractivity contribution is 9.10. The van der Waals surface area contributed by atoms with Gasteiger partial charge in [0.25, 0.3) is 0 Å². The molecule has 0 aliphatic rings. The van der Waals surface area contributed by atoms with Crippen LogP contribution in [0.1, 0.15) is 26.7 Å². The first-order valence-electron chi connectivity index (χ1n) is 5.34. The molecule has 1 rings (SSSR count). The summed E-state index contributed by atoms with van der Waals surface area (Å²) in [5.41, 5.74) is 7.10. The molecule has 3 nitrogen and oxygen atoms in total. The molecule has 0 aliphatic heterocycles. The van der Waals surface area contributed by atoms with Crippen LogP contribution in [0.2, 0.25) is 0 Å². The van der Waals surface area contributed by atoms with Gasteiger partial charge in [-0.1, -0.05) is 13.8 Å². The summed E-state index contributed by atoms with van der Waals surface area (Å²) in [5, 5.41) is 2.84. The average Bonchev–Trinajstić information content (AvgIpc) is 2.21. The van der Waals surface area contributed by atoms with Gasteiger partial charge in [-0.15, -0.1) is 0 Å². The maximum atomic E-state index is 11.6. The molecule has 0 saturated heterocycles. The lowest BCUT2D eigenvalue weighted by atomic mass is 10.1. The smallest absolute Gasteiger partial charge is 0.224 e.